The molecule has 1 amide bonds. The van der Waals surface area contributed by atoms with E-state index in [1.165, 1.54) is 0 Å². The van der Waals surface area contributed by atoms with Gasteiger partial charge in [0.15, 0.2) is 0 Å². The monoisotopic (exact) mass is 422 g/mol. The Bertz CT molecular complexity index is 466. The molecule has 0 bridgehead atoms. The first-order chi connectivity index (χ1) is 8.49. The molecule has 18 heavy (non-hydrogen) atoms. The number of amides is 1. The van der Waals surface area contributed by atoms with Crippen LogP contribution in [-0.4, -0.2) is 29.4 Å². The van der Waals surface area contributed by atoms with Crippen molar-refractivity contribution in [2.45, 2.75) is 31.8 Å². The van der Waals surface area contributed by atoms with Crippen LogP contribution in [0, 0.1) is 3.57 Å². The first-order valence-electron chi connectivity index (χ1n) is 6.00. The molecule has 1 aromatic carbocycles. The van der Waals surface area contributed by atoms with Crippen LogP contribution in [0.5, 0.6) is 0 Å². The largest absolute Gasteiger partial charge is 0.336 e. The smallest absolute Gasteiger partial charge is 0.255 e. The third kappa shape index (κ3) is 3.05. The minimum atomic E-state index is 0.111. The second-order valence-corrected chi connectivity index (χ2v) is 6.83. The van der Waals surface area contributed by atoms with Crippen LogP contribution in [0.4, 0.5) is 0 Å². The molecule has 0 aliphatic carbocycles. The Labute approximate surface area is 129 Å². The Balaban J connectivity index is 2.23. The van der Waals surface area contributed by atoms with Crippen molar-refractivity contribution in [3.05, 3.63) is 31.8 Å². The quantitative estimate of drug-likeness (QED) is 0.707. The van der Waals surface area contributed by atoms with Crippen LogP contribution in [0.2, 0.25) is 0 Å². The van der Waals surface area contributed by atoms with Crippen LogP contribution in [0.3, 0.4) is 0 Å². The summed E-state index contributed by atoms with van der Waals surface area (Å²) >= 11 is 5.63. The lowest BCUT2D eigenvalue weighted by Gasteiger charge is -2.36. The maximum atomic E-state index is 12.5. The predicted molar refractivity (Wildman–Crippen MR) is 84.6 cm³/mol. The summed E-state index contributed by atoms with van der Waals surface area (Å²) in [6.45, 7) is 2.82. The highest BCUT2D eigenvalue weighted by molar-refractivity contribution is 14.1. The van der Waals surface area contributed by atoms with Gasteiger partial charge < -0.3 is 10.6 Å². The van der Waals surface area contributed by atoms with Gasteiger partial charge in [-0.25, -0.2) is 0 Å². The van der Waals surface area contributed by atoms with Crippen LogP contribution < -0.4 is 5.73 Å². The van der Waals surface area contributed by atoms with E-state index in [-0.39, 0.29) is 18.0 Å². The zero-order valence-electron chi connectivity index (χ0n) is 10.2. The van der Waals surface area contributed by atoms with Crippen LogP contribution in [0.25, 0.3) is 0 Å². The second-order valence-electron chi connectivity index (χ2n) is 4.76. The number of rotatable bonds is 1. The number of nitrogens with zero attached hydrogens (tertiary/aromatic N) is 1. The lowest BCUT2D eigenvalue weighted by molar-refractivity contribution is 0.0618. The van der Waals surface area contributed by atoms with Crippen LogP contribution in [0.15, 0.2) is 22.7 Å². The van der Waals surface area contributed by atoms with Crippen molar-refractivity contribution in [1.29, 1.82) is 0 Å². The van der Waals surface area contributed by atoms with E-state index in [1.54, 1.807) is 0 Å². The molecule has 1 heterocycles. The molecule has 98 valence electrons. The number of benzene rings is 1. The predicted octanol–water partition coefficient (Wildman–Crippen LogP) is 3.01. The summed E-state index contributed by atoms with van der Waals surface area (Å²) in [7, 11) is 0. The number of hydrogen-bond acceptors (Lipinski definition) is 2. The normalized spacial score (nSPS) is 24.1. The summed E-state index contributed by atoms with van der Waals surface area (Å²) in [5.41, 5.74) is 6.70. The molecule has 1 aliphatic heterocycles. The maximum Gasteiger partial charge on any atom is 0.255 e. The van der Waals surface area contributed by atoms with E-state index in [0.717, 1.165) is 33.0 Å². The van der Waals surface area contributed by atoms with E-state index in [0.29, 0.717) is 0 Å². The number of carbonyl (C=O) groups excluding carboxylic acids is 1. The third-order valence-electron chi connectivity index (χ3n) is 3.34. The fraction of sp³-hybridized carbons (Fsp3) is 0.462. The Hall–Kier alpha value is -0.140. The van der Waals surface area contributed by atoms with Crippen molar-refractivity contribution in [3.63, 3.8) is 0 Å². The Morgan fingerprint density at radius 1 is 1.56 bits per heavy atom. The fourth-order valence-corrected chi connectivity index (χ4v) is 3.25. The van der Waals surface area contributed by atoms with Gasteiger partial charge in [-0.2, -0.15) is 0 Å². The van der Waals surface area contributed by atoms with Gasteiger partial charge >= 0.3 is 0 Å². The van der Waals surface area contributed by atoms with Gasteiger partial charge in [0.05, 0.1) is 5.56 Å². The minimum Gasteiger partial charge on any atom is -0.336 e. The van der Waals surface area contributed by atoms with Crippen LogP contribution >= 0.6 is 38.5 Å². The van der Waals surface area contributed by atoms with Crippen molar-refractivity contribution >= 4 is 44.4 Å². The zero-order valence-corrected chi connectivity index (χ0v) is 13.9. The molecule has 0 saturated carbocycles. The molecule has 2 N–H and O–H groups in total. The van der Waals surface area contributed by atoms with E-state index in [4.69, 9.17) is 5.73 Å². The molecule has 0 spiro atoms. The molecule has 2 rings (SSSR count). The van der Waals surface area contributed by atoms with E-state index >= 15 is 0 Å². The summed E-state index contributed by atoms with van der Waals surface area (Å²) in [6, 6.07) is 6.25. The highest BCUT2D eigenvalue weighted by Crippen LogP contribution is 2.23. The van der Waals surface area contributed by atoms with E-state index in [9.17, 15) is 4.79 Å². The summed E-state index contributed by atoms with van der Waals surface area (Å²) < 4.78 is 1.93. The maximum absolute atomic E-state index is 12.5. The SMILES string of the molecule is CC1CC(N)CCN1C(=O)c1cc(Br)ccc1I. The van der Waals surface area contributed by atoms with Gasteiger partial charge in [-0.15, -0.1) is 0 Å². The lowest BCUT2D eigenvalue weighted by atomic mass is 9.98. The van der Waals surface area contributed by atoms with Crippen molar-refractivity contribution in [2.75, 3.05) is 6.54 Å². The summed E-state index contributed by atoms with van der Waals surface area (Å²) in [5.74, 6) is 0.111. The van der Waals surface area contributed by atoms with Gasteiger partial charge in [-0.3, -0.25) is 4.79 Å². The standard InChI is InChI=1S/C13H16BrIN2O/c1-8-6-10(16)4-5-17(8)13(18)11-7-9(14)2-3-12(11)15/h2-3,7-8,10H,4-6,16H2,1H3. The number of carbonyl (C=O) groups is 1. The summed E-state index contributed by atoms with van der Waals surface area (Å²) in [5, 5.41) is 0. The Morgan fingerprint density at radius 2 is 2.28 bits per heavy atom. The molecule has 1 aromatic rings. The van der Waals surface area contributed by atoms with Crippen molar-refractivity contribution < 1.29 is 4.79 Å². The van der Waals surface area contributed by atoms with Crippen LogP contribution in [0.1, 0.15) is 30.1 Å². The number of halogens is 2. The van der Waals surface area contributed by atoms with Gasteiger partial charge in [-0.1, -0.05) is 15.9 Å². The number of hydrogen-bond donors (Lipinski definition) is 1. The molecule has 3 nitrogen and oxygen atoms in total. The van der Waals surface area contributed by atoms with Crippen LogP contribution in [-0.2, 0) is 0 Å². The van der Waals surface area contributed by atoms with Crippen molar-refractivity contribution in [1.82, 2.24) is 4.90 Å². The van der Waals surface area contributed by atoms with E-state index in [2.05, 4.69) is 45.4 Å². The van der Waals surface area contributed by atoms with Gasteiger partial charge in [0, 0.05) is 26.7 Å². The fourth-order valence-electron chi connectivity index (χ4n) is 2.33. The first-order valence-corrected chi connectivity index (χ1v) is 7.88. The highest BCUT2D eigenvalue weighted by atomic mass is 127. The Morgan fingerprint density at radius 3 is 2.94 bits per heavy atom. The number of nitrogens with two attached hydrogens (primary N) is 1. The number of likely N-dealkylation sites (tertiary alicyclic amines) is 1. The van der Waals surface area contributed by atoms with E-state index in [1.807, 2.05) is 23.1 Å². The zero-order chi connectivity index (χ0) is 13.3. The first kappa shape index (κ1) is 14.3. The summed E-state index contributed by atoms with van der Waals surface area (Å²) in [6.07, 6.45) is 1.77. The molecule has 0 radical (unpaired) electrons. The van der Waals surface area contributed by atoms with Gasteiger partial charge in [0.2, 0.25) is 0 Å². The van der Waals surface area contributed by atoms with Crippen molar-refractivity contribution in [2.24, 2.45) is 5.73 Å². The lowest BCUT2D eigenvalue weighted by Crippen LogP contribution is -2.48. The molecule has 0 aromatic heterocycles. The molecular formula is C13H16BrIN2O. The summed E-state index contributed by atoms with van der Waals surface area (Å²) in [4.78, 5) is 14.5. The second kappa shape index (κ2) is 5.88. The van der Waals surface area contributed by atoms with Crippen molar-refractivity contribution in [3.8, 4) is 0 Å². The average Bonchev–Trinajstić information content (AvgIpc) is 2.31. The molecule has 2 atom stereocenters. The molecular weight excluding hydrogens is 407 g/mol. The topological polar surface area (TPSA) is 46.3 Å². The molecule has 2 unspecified atom stereocenters. The molecule has 5 heteroatoms. The Kier molecular flexibility index (Phi) is 4.66. The molecule has 1 saturated heterocycles. The van der Waals surface area contributed by atoms with Gasteiger partial charge in [-0.05, 0) is 60.6 Å². The molecule has 1 aliphatic rings. The average molecular weight is 423 g/mol. The molecule has 1 fully saturated rings. The highest BCUT2D eigenvalue weighted by Gasteiger charge is 2.28. The third-order valence-corrected chi connectivity index (χ3v) is 4.77. The minimum absolute atomic E-state index is 0.111. The van der Waals surface area contributed by atoms with Gasteiger partial charge in [0.1, 0.15) is 0 Å². The number of piperidine rings is 1. The van der Waals surface area contributed by atoms with Gasteiger partial charge in [0.25, 0.3) is 5.91 Å². The van der Waals surface area contributed by atoms with E-state index < -0.39 is 0 Å².